The van der Waals surface area contributed by atoms with Gasteiger partial charge in [0.15, 0.2) is 0 Å². The van der Waals surface area contributed by atoms with Crippen molar-refractivity contribution in [1.82, 2.24) is 5.32 Å². The monoisotopic (exact) mass is 371 g/mol. The Labute approximate surface area is 154 Å². The fraction of sp³-hybridized carbons (Fsp3) is 0.722. The Morgan fingerprint density at radius 2 is 2.16 bits per heavy atom. The van der Waals surface area contributed by atoms with Gasteiger partial charge < -0.3 is 20.3 Å². The van der Waals surface area contributed by atoms with Crippen LogP contribution in [-0.2, 0) is 14.3 Å². The summed E-state index contributed by atoms with van der Waals surface area (Å²) in [6, 6.07) is 0. The zero-order valence-electron chi connectivity index (χ0n) is 14.8. The van der Waals surface area contributed by atoms with Crippen molar-refractivity contribution in [2.75, 3.05) is 13.2 Å². The van der Waals surface area contributed by atoms with Crippen LogP contribution in [0.25, 0.3) is 0 Å². The molecule has 0 bridgehead atoms. The summed E-state index contributed by atoms with van der Waals surface area (Å²) in [5, 5.41) is 22.0. The number of unbranched alkanes of at least 4 members (excludes halogenated alkanes) is 2. The summed E-state index contributed by atoms with van der Waals surface area (Å²) in [4.78, 5) is 22.5. The van der Waals surface area contributed by atoms with E-state index >= 15 is 0 Å². The van der Waals surface area contributed by atoms with Gasteiger partial charge in [-0.05, 0) is 37.9 Å². The molecule has 0 aliphatic heterocycles. The summed E-state index contributed by atoms with van der Waals surface area (Å²) < 4.78 is 5.51. The number of Topliss-reactive ketones (excluding diaryl/α,β-unsaturated/α-hetero) is 1. The molecule has 0 saturated heterocycles. The second-order valence-electron chi connectivity index (χ2n) is 6.38. The molecule has 1 aliphatic carbocycles. The third-order valence-electron chi connectivity index (χ3n) is 4.36. The zero-order valence-corrected chi connectivity index (χ0v) is 15.6. The average molecular weight is 371 g/mol. The molecule has 0 aromatic carbocycles. The molecule has 3 N–H and O–H groups in total. The lowest BCUT2D eigenvalue weighted by molar-refractivity contribution is -0.137. The molecule has 1 fully saturated rings. The van der Waals surface area contributed by atoms with Gasteiger partial charge in [-0.2, -0.15) is 0 Å². The van der Waals surface area contributed by atoms with Gasteiger partial charge >= 0.3 is 5.97 Å². The van der Waals surface area contributed by atoms with Crippen LogP contribution in [0.2, 0.25) is 0 Å². The largest absolute Gasteiger partial charge is 0.481 e. The normalized spacial score (nSPS) is 23.1. The average Bonchev–Trinajstić information content (AvgIpc) is 2.82. The van der Waals surface area contributed by atoms with Gasteiger partial charge in [0.05, 0.1) is 12.7 Å². The van der Waals surface area contributed by atoms with Crippen LogP contribution in [0, 0.1) is 11.8 Å². The van der Waals surface area contributed by atoms with E-state index in [-0.39, 0.29) is 37.1 Å². The maximum atomic E-state index is 12.1. The highest BCUT2D eigenvalue weighted by Gasteiger charge is 2.41. The van der Waals surface area contributed by atoms with Crippen molar-refractivity contribution in [3.8, 4) is 0 Å². The summed E-state index contributed by atoms with van der Waals surface area (Å²) in [7, 11) is 0. The lowest BCUT2D eigenvalue weighted by atomic mass is 9.91. The van der Waals surface area contributed by atoms with Crippen molar-refractivity contribution in [2.24, 2.45) is 11.8 Å². The lowest BCUT2D eigenvalue weighted by Gasteiger charge is -2.20. The van der Waals surface area contributed by atoms with E-state index in [1.54, 1.807) is 0 Å². The van der Waals surface area contributed by atoms with E-state index in [1.165, 1.54) is 0 Å². The van der Waals surface area contributed by atoms with Crippen molar-refractivity contribution < 1.29 is 24.5 Å². The van der Waals surface area contributed by atoms with Gasteiger partial charge in [-0.3, -0.25) is 9.59 Å². The van der Waals surface area contributed by atoms with Gasteiger partial charge in [0, 0.05) is 31.2 Å². The fourth-order valence-corrected chi connectivity index (χ4v) is 3.04. The molecular weight excluding hydrogens is 342 g/mol. The molecule has 7 heteroatoms. The number of carbonyl (C=O) groups is 2. The predicted molar refractivity (Wildman–Crippen MR) is 99.3 cm³/mol. The molecule has 1 rings (SSSR count). The van der Waals surface area contributed by atoms with Crippen molar-refractivity contribution in [1.29, 1.82) is 0 Å². The molecule has 0 spiro atoms. The van der Waals surface area contributed by atoms with Crippen LogP contribution in [0.5, 0.6) is 0 Å². The van der Waals surface area contributed by atoms with Crippen LogP contribution in [0.1, 0.15) is 51.9 Å². The summed E-state index contributed by atoms with van der Waals surface area (Å²) >= 11 is 5.10. The van der Waals surface area contributed by atoms with Gasteiger partial charge in [-0.25, -0.2) is 0 Å². The molecule has 0 aromatic rings. The molecule has 0 heterocycles. The molecule has 1 saturated carbocycles. The van der Waals surface area contributed by atoms with E-state index in [2.05, 4.69) is 12.2 Å². The number of hydrogen-bond donors (Lipinski definition) is 3. The second kappa shape index (κ2) is 12.0. The van der Waals surface area contributed by atoms with E-state index in [4.69, 9.17) is 22.1 Å². The lowest BCUT2D eigenvalue weighted by Crippen LogP contribution is -2.31. The van der Waals surface area contributed by atoms with Crippen molar-refractivity contribution in [3.05, 3.63) is 12.2 Å². The Morgan fingerprint density at radius 3 is 2.84 bits per heavy atom. The van der Waals surface area contributed by atoms with E-state index in [9.17, 15) is 14.7 Å². The number of aliphatic hydroxyl groups is 1. The Morgan fingerprint density at radius 1 is 1.40 bits per heavy atom. The van der Waals surface area contributed by atoms with Crippen LogP contribution in [0.4, 0.5) is 0 Å². The Hall–Kier alpha value is -1.47. The number of carboxylic acid groups (broad SMARTS) is 1. The van der Waals surface area contributed by atoms with E-state index in [0.29, 0.717) is 24.4 Å². The Kier molecular flexibility index (Phi) is 10.3. The van der Waals surface area contributed by atoms with Gasteiger partial charge in [-0.1, -0.05) is 25.5 Å². The minimum atomic E-state index is -0.803. The Bertz CT molecular complexity index is 480. The highest BCUT2D eigenvalue weighted by Crippen LogP contribution is 2.32. The van der Waals surface area contributed by atoms with Gasteiger partial charge in [0.2, 0.25) is 0 Å². The molecule has 25 heavy (non-hydrogen) atoms. The summed E-state index contributed by atoms with van der Waals surface area (Å²) in [5.74, 6) is -1.30. The molecule has 0 amide bonds. The first-order valence-corrected chi connectivity index (χ1v) is 9.34. The minimum Gasteiger partial charge on any atom is -0.481 e. The molecule has 6 nitrogen and oxygen atoms in total. The maximum Gasteiger partial charge on any atom is 0.303 e. The number of rotatable bonds is 11. The van der Waals surface area contributed by atoms with Crippen LogP contribution in [0.3, 0.4) is 0 Å². The highest BCUT2D eigenvalue weighted by molar-refractivity contribution is 7.80. The second-order valence-corrected chi connectivity index (χ2v) is 6.75. The molecule has 142 valence electrons. The standard InChI is InChI=1S/C18H29NO5S/c1-2-3-10-19-18(25)24-12-14-13(15(20)11-16(14)21)8-6-4-5-7-9-17(22)23/h4,6,13-14,16,21H,2-3,5,7-12H2,1H3,(H,19,25)(H,22,23)/t13-,14-,16-/m1/s1. The van der Waals surface area contributed by atoms with Gasteiger partial charge in [0.1, 0.15) is 5.78 Å². The van der Waals surface area contributed by atoms with Crippen LogP contribution in [-0.4, -0.2) is 46.4 Å². The number of aliphatic hydroxyl groups excluding tert-OH is 1. The number of nitrogens with one attached hydrogen (secondary N) is 1. The first kappa shape index (κ1) is 21.6. The van der Waals surface area contributed by atoms with Crippen LogP contribution < -0.4 is 5.32 Å². The minimum absolute atomic E-state index is 0.0427. The van der Waals surface area contributed by atoms with Crippen molar-refractivity contribution in [2.45, 2.75) is 58.0 Å². The van der Waals surface area contributed by atoms with Crippen LogP contribution >= 0.6 is 12.2 Å². The first-order chi connectivity index (χ1) is 12.0. The number of carbonyl (C=O) groups excluding carboxylic acids is 1. The fourth-order valence-electron chi connectivity index (χ4n) is 2.87. The Balaban J connectivity index is 2.39. The topological polar surface area (TPSA) is 95.9 Å². The number of ketones is 1. The van der Waals surface area contributed by atoms with Crippen LogP contribution in [0.15, 0.2) is 12.2 Å². The van der Waals surface area contributed by atoms with Crippen molar-refractivity contribution >= 4 is 29.1 Å². The molecule has 0 unspecified atom stereocenters. The molecule has 3 atom stereocenters. The summed E-state index contributed by atoms with van der Waals surface area (Å²) in [6.07, 6.45) is 7.24. The zero-order chi connectivity index (χ0) is 18.7. The van der Waals surface area contributed by atoms with E-state index in [1.807, 2.05) is 12.2 Å². The highest BCUT2D eigenvalue weighted by atomic mass is 32.1. The van der Waals surface area contributed by atoms with Crippen molar-refractivity contribution in [3.63, 3.8) is 0 Å². The summed E-state index contributed by atoms with van der Waals surface area (Å²) in [6.45, 7) is 3.07. The third kappa shape index (κ3) is 8.45. The third-order valence-corrected chi connectivity index (χ3v) is 4.62. The molecule has 1 aliphatic rings. The molecule has 0 radical (unpaired) electrons. The van der Waals surface area contributed by atoms with Gasteiger partial charge in [0.25, 0.3) is 5.17 Å². The van der Waals surface area contributed by atoms with E-state index in [0.717, 1.165) is 19.4 Å². The first-order valence-electron chi connectivity index (χ1n) is 8.93. The van der Waals surface area contributed by atoms with E-state index < -0.39 is 12.1 Å². The number of allylic oxidation sites excluding steroid dienone is 2. The number of thiocarbonyl (C=S) groups is 1. The molecular formula is C18H29NO5S. The number of carboxylic acids is 1. The van der Waals surface area contributed by atoms with Gasteiger partial charge in [-0.15, -0.1) is 0 Å². The number of hydrogen-bond acceptors (Lipinski definition) is 5. The smallest absolute Gasteiger partial charge is 0.303 e. The SMILES string of the molecule is CCCCNC(=S)OC[C@H]1[C@H](O)CC(=O)[C@@H]1CC=CCCCC(=O)O. The number of aliphatic carboxylic acids is 1. The quantitative estimate of drug-likeness (QED) is 0.292. The summed E-state index contributed by atoms with van der Waals surface area (Å²) in [5.41, 5.74) is 0. The predicted octanol–water partition coefficient (Wildman–Crippen LogP) is 2.44. The molecule has 0 aromatic heterocycles. The number of ether oxygens (including phenoxy) is 1. The maximum absolute atomic E-state index is 12.1.